The van der Waals surface area contributed by atoms with Gasteiger partial charge in [0.1, 0.15) is 0 Å². The lowest BCUT2D eigenvalue weighted by Crippen LogP contribution is -2.39. The van der Waals surface area contributed by atoms with E-state index in [-0.39, 0.29) is 25.1 Å². The summed E-state index contributed by atoms with van der Waals surface area (Å²) in [5.41, 5.74) is 0. The van der Waals surface area contributed by atoms with E-state index in [1.54, 1.807) is 0 Å². The molecule has 0 aromatic rings. The van der Waals surface area contributed by atoms with Crippen LogP contribution in [0.15, 0.2) is 12.7 Å². The Bertz CT molecular complexity index is 454. The number of nitrogens with zero attached hydrogens (tertiary/aromatic N) is 1. The van der Waals surface area contributed by atoms with Gasteiger partial charge in [-0.3, -0.25) is 4.79 Å². The molecule has 0 bridgehead atoms. The minimum atomic E-state index is -2.07. The van der Waals surface area contributed by atoms with Crippen LogP contribution in [0.4, 0.5) is 0 Å². The van der Waals surface area contributed by atoms with E-state index < -0.39 is 14.5 Å². The van der Waals surface area contributed by atoms with Gasteiger partial charge < -0.3 is 23.2 Å². The van der Waals surface area contributed by atoms with Gasteiger partial charge in [0.2, 0.25) is 0 Å². The van der Waals surface area contributed by atoms with Crippen molar-refractivity contribution in [2.75, 3.05) is 46.6 Å². The zero-order valence-electron chi connectivity index (χ0n) is 18.3. The van der Waals surface area contributed by atoms with Crippen molar-refractivity contribution in [2.24, 2.45) is 5.92 Å². The molecule has 0 saturated heterocycles. The molecule has 0 amide bonds. The lowest BCUT2D eigenvalue weighted by Gasteiger charge is -2.27. The maximum Gasteiger partial charge on any atom is 0.334 e. The lowest BCUT2D eigenvalue weighted by molar-refractivity contribution is -0.147. The molecule has 164 valence electrons. The number of rotatable bonds is 17. The van der Waals surface area contributed by atoms with Crippen LogP contribution >= 0.6 is 0 Å². The maximum atomic E-state index is 12.0. The van der Waals surface area contributed by atoms with Gasteiger partial charge in [0, 0.05) is 31.8 Å². The van der Waals surface area contributed by atoms with E-state index in [4.69, 9.17) is 18.3 Å². The molecule has 0 fully saturated rings. The number of esters is 2. The molecule has 0 N–H and O–H groups in total. The Morgan fingerprint density at radius 3 is 2.21 bits per heavy atom. The molecule has 0 aromatic heterocycles. The standard InChI is InChI=1S/C20H39NO6Si/c1-7-18(16-24-19(22)8-2)17-25-20(23)12-14-21(5)13-11-15-28(6,26-9-3)27-10-4/h8,18H,2,7,9-17H2,1,3-6H3. The number of carbonyl (C=O) groups is 2. The fourth-order valence-electron chi connectivity index (χ4n) is 2.69. The summed E-state index contributed by atoms with van der Waals surface area (Å²) >= 11 is 0. The third-order valence-electron chi connectivity index (χ3n) is 4.45. The van der Waals surface area contributed by atoms with Crippen molar-refractivity contribution in [1.29, 1.82) is 0 Å². The second-order valence-electron chi connectivity index (χ2n) is 6.95. The van der Waals surface area contributed by atoms with Crippen molar-refractivity contribution < 1.29 is 27.9 Å². The van der Waals surface area contributed by atoms with Gasteiger partial charge in [0.05, 0.1) is 19.6 Å². The van der Waals surface area contributed by atoms with Crippen LogP contribution in [0.3, 0.4) is 0 Å². The predicted octanol–water partition coefficient (Wildman–Crippen LogP) is 3.14. The van der Waals surface area contributed by atoms with Crippen LogP contribution in [-0.4, -0.2) is 72.0 Å². The van der Waals surface area contributed by atoms with E-state index in [0.29, 0.717) is 26.2 Å². The summed E-state index contributed by atoms with van der Waals surface area (Å²) in [7, 11) is -0.0727. The van der Waals surface area contributed by atoms with E-state index in [1.165, 1.54) is 0 Å². The Kier molecular flexibility index (Phi) is 15.0. The number of ether oxygens (including phenoxy) is 2. The summed E-state index contributed by atoms with van der Waals surface area (Å²) in [4.78, 5) is 25.2. The van der Waals surface area contributed by atoms with Crippen molar-refractivity contribution in [3.8, 4) is 0 Å². The van der Waals surface area contributed by atoms with Crippen LogP contribution in [0, 0.1) is 5.92 Å². The van der Waals surface area contributed by atoms with Crippen LogP contribution in [0.25, 0.3) is 0 Å². The first-order valence-corrected chi connectivity index (χ1v) is 12.7. The first-order valence-electron chi connectivity index (χ1n) is 10.2. The van der Waals surface area contributed by atoms with Crippen LogP contribution in [0.2, 0.25) is 12.6 Å². The Morgan fingerprint density at radius 1 is 1.07 bits per heavy atom. The first-order chi connectivity index (χ1) is 13.3. The summed E-state index contributed by atoms with van der Waals surface area (Å²) in [5, 5.41) is 0. The van der Waals surface area contributed by atoms with E-state index in [0.717, 1.165) is 31.5 Å². The molecule has 0 aliphatic heterocycles. The Balaban J connectivity index is 4.04. The third-order valence-corrected chi connectivity index (χ3v) is 7.51. The average molecular weight is 418 g/mol. The van der Waals surface area contributed by atoms with E-state index in [9.17, 15) is 9.59 Å². The molecule has 0 aromatic carbocycles. The molecule has 0 saturated carbocycles. The SMILES string of the molecule is C=CC(=O)OCC(CC)COC(=O)CCN(C)CCC[Si](C)(OCC)OCC. The van der Waals surface area contributed by atoms with Gasteiger partial charge in [0.15, 0.2) is 0 Å². The Morgan fingerprint density at radius 2 is 1.68 bits per heavy atom. The molecular formula is C20H39NO6Si. The predicted molar refractivity (Wildman–Crippen MR) is 112 cm³/mol. The van der Waals surface area contributed by atoms with Crippen LogP contribution in [0.5, 0.6) is 0 Å². The van der Waals surface area contributed by atoms with Gasteiger partial charge in [-0.1, -0.05) is 13.5 Å². The molecule has 0 aliphatic carbocycles. The fraction of sp³-hybridized carbons (Fsp3) is 0.800. The molecule has 0 radical (unpaired) electrons. The molecule has 0 spiro atoms. The zero-order chi connectivity index (χ0) is 21.4. The van der Waals surface area contributed by atoms with Gasteiger partial charge >= 0.3 is 20.5 Å². The molecule has 0 rings (SSSR count). The molecule has 0 aliphatic rings. The molecule has 0 heterocycles. The Hall–Kier alpha value is -1.22. The van der Waals surface area contributed by atoms with Crippen molar-refractivity contribution in [2.45, 2.75) is 52.6 Å². The summed E-state index contributed by atoms with van der Waals surface area (Å²) in [6.07, 6.45) is 3.20. The smallest absolute Gasteiger partial charge is 0.334 e. The molecule has 1 atom stereocenters. The van der Waals surface area contributed by atoms with Crippen LogP contribution in [-0.2, 0) is 27.9 Å². The quantitative estimate of drug-likeness (QED) is 0.204. The maximum absolute atomic E-state index is 12.0. The van der Waals surface area contributed by atoms with E-state index in [2.05, 4.69) is 18.0 Å². The highest BCUT2D eigenvalue weighted by atomic mass is 28.4. The van der Waals surface area contributed by atoms with Crippen molar-refractivity contribution in [1.82, 2.24) is 4.90 Å². The minimum absolute atomic E-state index is 0.00495. The summed E-state index contributed by atoms with van der Waals surface area (Å²) in [5.74, 6) is -0.687. The van der Waals surface area contributed by atoms with Gasteiger partial charge in [-0.25, -0.2) is 4.79 Å². The zero-order valence-corrected chi connectivity index (χ0v) is 19.3. The highest BCUT2D eigenvalue weighted by Crippen LogP contribution is 2.16. The van der Waals surface area contributed by atoms with Crippen LogP contribution in [0.1, 0.15) is 40.0 Å². The van der Waals surface area contributed by atoms with Crippen molar-refractivity contribution in [3.05, 3.63) is 12.7 Å². The average Bonchev–Trinajstić information content (AvgIpc) is 2.66. The highest BCUT2D eigenvalue weighted by molar-refractivity contribution is 6.66. The summed E-state index contributed by atoms with van der Waals surface area (Å²) < 4.78 is 22.0. The molecule has 8 heteroatoms. The van der Waals surface area contributed by atoms with Crippen molar-refractivity contribution in [3.63, 3.8) is 0 Å². The van der Waals surface area contributed by atoms with Gasteiger partial charge in [-0.05, 0) is 52.9 Å². The second kappa shape index (κ2) is 15.7. The number of carbonyl (C=O) groups excluding carboxylic acids is 2. The highest BCUT2D eigenvalue weighted by Gasteiger charge is 2.30. The van der Waals surface area contributed by atoms with Gasteiger partial charge in [-0.2, -0.15) is 0 Å². The molecule has 1 unspecified atom stereocenters. The van der Waals surface area contributed by atoms with Crippen LogP contribution < -0.4 is 0 Å². The third kappa shape index (κ3) is 13.0. The number of hydrogen-bond donors (Lipinski definition) is 0. The normalized spacial score (nSPS) is 12.6. The van der Waals surface area contributed by atoms with Crippen molar-refractivity contribution >= 4 is 20.5 Å². The summed E-state index contributed by atoms with van der Waals surface area (Å²) in [6, 6.07) is 0.936. The van der Waals surface area contributed by atoms with E-state index in [1.807, 2.05) is 27.8 Å². The first kappa shape index (κ1) is 26.8. The molecular weight excluding hydrogens is 378 g/mol. The molecule has 28 heavy (non-hydrogen) atoms. The Labute approximate surface area is 171 Å². The minimum Gasteiger partial charge on any atom is -0.465 e. The van der Waals surface area contributed by atoms with Gasteiger partial charge in [-0.15, -0.1) is 0 Å². The summed E-state index contributed by atoms with van der Waals surface area (Å²) in [6.45, 7) is 14.8. The fourth-order valence-corrected chi connectivity index (χ4v) is 5.08. The largest absolute Gasteiger partial charge is 0.465 e. The molecule has 7 nitrogen and oxygen atoms in total. The van der Waals surface area contributed by atoms with E-state index >= 15 is 0 Å². The topological polar surface area (TPSA) is 74.3 Å². The monoisotopic (exact) mass is 417 g/mol. The number of hydrogen-bond acceptors (Lipinski definition) is 7. The lowest BCUT2D eigenvalue weighted by atomic mass is 10.1. The van der Waals surface area contributed by atoms with Gasteiger partial charge in [0.25, 0.3) is 0 Å². The second-order valence-corrected chi connectivity index (χ2v) is 10.3.